The fourth-order valence-corrected chi connectivity index (χ4v) is 1.23. The molecule has 2 N–H and O–H groups in total. The highest BCUT2D eigenvalue weighted by molar-refractivity contribution is 5.45. The summed E-state index contributed by atoms with van der Waals surface area (Å²) in [6, 6.07) is 8.64. The number of nitrogens with one attached hydrogen (secondary N) is 1. The fourth-order valence-electron chi connectivity index (χ4n) is 1.23. The minimum Gasteiger partial charge on any atom is -0.396 e. The molecule has 1 aromatic carbocycles. The molecule has 0 radical (unpaired) electrons. The van der Waals surface area contributed by atoms with Gasteiger partial charge in [0.1, 0.15) is 0 Å². The summed E-state index contributed by atoms with van der Waals surface area (Å²) in [6.07, 6.45) is 0.738. The van der Waals surface area contributed by atoms with Crippen LogP contribution in [-0.2, 0) is 6.42 Å². The molecule has 0 spiro atoms. The quantitative estimate of drug-likeness (QED) is 0.741. The van der Waals surface area contributed by atoms with Crippen LogP contribution in [0.25, 0.3) is 0 Å². The Labute approximate surface area is 79.6 Å². The third-order valence-electron chi connectivity index (χ3n) is 1.81. The Morgan fingerprint density at radius 1 is 1.23 bits per heavy atom. The molecule has 2 heteroatoms. The van der Waals surface area contributed by atoms with Crippen molar-refractivity contribution in [2.24, 2.45) is 0 Å². The SMILES string of the molecule is CC(C)Nc1ccc(CCO)cc1. The average molecular weight is 179 g/mol. The lowest BCUT2D eigenvalue weighted by Crippen LogP contribution is -2.09. The van der Waals surface area contributed by atoms with Gasteiger partial charge in [-0.25, -0.2) is 0 Å². The first-order chi connectivity index (χ1) is 6.22. The number of rotatable bonds is 4. The number of aliphatic hydroxyl groups excluding tert-OH is 1. The summed E-state index contributed by atoms with van der Waals surface area (Å²) < 4.78 is 0. The second-order valence-corrected chi connectivity index (χ2v) is 3.47. The van der Waals surface area contributed by atoms with Crippen molar-refractivity contribution in [3.05, 3.63) is 29.8 Å². The average Bonchev–Trinajstić information content (AvgIpc) is 2.08. The molecule has 0 heterocycles. The number of hydrogen-bond acceptors (Lipinski definition) is 2. The van der Waals surface area contributed by atoms with Gasteiger partial charge in [-0.05, 0) is 38.0 Å². The van der Waals surface area contributed by atoms with Gasteiger partial charge in [0.15, 0.2) is 0 Å². The van der Waals surface area contributed by atoms with Crippen LogP contribution < -0.4 is 5.32 Å². The number of hydrogen-bond donors (Lipinski definition) is 2. The Hall–Kier alpha value is -1.02. The van der Waals surface area contributed by atoms with E-state index in [4.69, 9.17) is 5.11 Å². The molecule has 2 nitrogen and oxygen atoms in total. The summed E-state index contributed by atoms with van der Waals surface area (Å²) in [6.45, 7) is 4.44. The van der Waals surface area contributed by atoms with Crippen molar-refractivity contribution in [3.8, 4) is 0 Å². The summed E-state index contributed by atoms with van der Waals surface area (Å²) in [5.41, 5.74) is 2.31. The highest BCUT2D eigenvalue weighted by Gasteiger charge is 1.95. The summed E-state index contributed by atoms with van der Waals surface area (Å²) in [5, 5.41) is 12.0. The zero-order valence-electron chi connectivity index (χ0n) is 8.25. The Morgan fingerprint density at radius 2 is 1.85 bits per heavy atom. The van der Waals surface area contributed by atoms with Crippen LogP contribution in [0.2, 0.25) is 0 Å². The summed E-state index contributed by atoms with van der Waals surface area (Å²) in [7, 11) is 0. The van der Waals surface area contributed by atoms with Gasteiger partial charge in [0.05, 0.1) is 0 Å². The van der Waals surface area contributed by atoms with E-state index < -0.39 is 0 Å². The van der Waals surface area contributed by atoms with Gasteiger partial charge in [-0.15, -0.1) is 0 Å². The topological polar surface area (TPSA) is 32.3 Å². The van der Waals surface area contributed by atoms with E-state index in [0.29, 0.717) is 6.04 Å². The molecule has 0 saturated heterocycles. The van der Waals surface area contributed by atoms with E-state index in [1.54, 1.807) is 0 Å². The predicted molar refractivity (Wildman–Crippen MR) is 56.0 cm³/mol. The van der Waals surface area contributed by atoms with Gasteiger partial charge in [0.2, 0.25) is 0 Å². The molecule has 1 aromatic rings. The summed E-state index contributed by atoms with van der Waals surface area (Å²) in [4.78, 5) is 0. The number of aliphatic hydroxyl groups is 1. The molecule has 0 aliphatic carbocycles. The molecule has 72 valence electrons. The molecule has 0 aliphatic heterocycles. The van der Waals surface area contributed by atoms with E-state index >= 15 is 0 Å². The van der Waals surface area contributed by atoms with Crippen LogP contribution >= 0.6 is 0 Å². The van der Waals surface area contributed by atoms with Gasteiger partial charge in [-0.2, -0.15) is 0 Å². The molecule has 0 bridgehead atoms. The largest absolute Gasteiger partial charge is 0.396 e. The van der Waals surface area contributed by atoms with Crippen LogP contribution in [0.4, 0.5) is 5.69 Å². The molecular weight excluding hydrogens is 162 g/mol. The minimum atomic E-state index is 0.219. The van der Waals surface area contributed by atoms with E-state index in [9.17, 15) is 0 Å². The zero-order valence-corrected chi connectivity index (χ0v) is 8.25. The predicted octanol–water partition coefficient (Wildman–Crippen LogP) is 2.04. The van der Waals surface area contributed by atoms with Crippen molar-refractivity contribution < 1.29 is 5.11 Å². The van der Waals surface area contributed by atoms with Gasteiger partial charge < -0.3 is 10.4 Å². The first kappa shape index (κ1) is 10.1. The van der Waals surface area contributed by atoms with Crippen LogP contribution in [0.3, 0.4) is 0 Å². The third kappa shape index (κ3) is 3.47. The lowest BCUT2D eigenvalue weighted by molar-refractivity contribution is 0.299. The van der Waals surface area contributed by atoms with Crippen LogP contribution in [0.1, 0.15) is 19.4 Å². The van der Waals surface area contributed by atoms with E-state index in [2.05, 4.69) is 19.2 Å². The monoisotopic (exact) mass is 179 g/mol. The summed E-state index contributed by atoms with van der Waals surface area (Å²) in [5.74, 6) is 0. The van der Waals surface area contributed by atoms with Crippen molar-refractivity contribution in [1.82, 2.24) is 0 Å². The Morgan fingerprint density at radius 3 is 2.31 bits per heavy atom. The minimum absolute atomic E-state index is 0.219. The zero-order chi connectivity index (χ0) is 9.68. The molecule has 0 aromatic heterocycles. The number of anilines is 1. The molecule has 0 saturated carbocycles. The molecule has 13 heavy (non-hydrogen) atoms. The third-order valence-corrected chi connectivity index (χ3v) is 1.81. The standard InChI is InChI=1S/C11H17NO/c1-9(2)12-11-5-3-10(4-6-11)7-8-13/h3-6,9,12-13H,7-8H2,1-2H3. The Bertz CT molecular complexity index is 241. The highest BCUT2D eigenvalue weighted by Crippen LogP contribution is 2.10. The number of benzene rings is 1. The summed E-state index contributed by atoms with van der Waals surface area (Å²) >= 11 is 0. The maximum absolute atomic E-state index is 8.72. The van der Waals surface area contributed by atoms with Crippen molar-refractivity contribution in [2.45, 2.75) is 26.3 Å². The first-order valence-corrected chi connectivity index (χ1v) is 4.68. The smallest absolute Gasteiger partial charge is 0.0471 e. The van der Waals surface area contributed by atoms with Gasteiger partial charge in [-0.1, -0.05) is 12.1 Å². The van der Waals surface area contributed by atoms with Crippen molar-refractivity contribution in [2.75, 3.05) is 11.9 Å². The fraction of sp³-hybridized carbons (Fsp3) is 0.455. The lowest BCUT2D eigenvalue weighted by atomic mass is 10.1. The van der Waals surface area contributed by atoms with Crippen LogP contribution in [0.5, 0.6) is 0 Å². The van der Waals surface area contributed by atoms with Gasteiger partial charge in [-0.3, -0.25) is 0 Å². The second-order valence-electron chi connectivity index (χ2n) is 3.47. The normalized spacial score (nSPS) is 10.5. The van der Waals surface area contributed by atoms with Crippen LogP contribution in [0.15, 0.2) is 24.3 Å². The van der Waals surface area contributed by atoms with Crippen LogP contribution in [-0.4, -0.2) is 17.8 Å². The molecule has 0 aliphatic rings. The van der Waals surface area contributed by atoms with E-state index in [0.717, 1.165) is 12.1 Å². The Kier molecular flexibility index (Phi) is 3.77. The van der Waals surface area contributed by atoms with Crippen molar-refractivity contribution >= 4 is 5.69 Å². The van der Waals surface area contributed by atoms with E-state index in [-0.39, 0.29) is 6.61 Å². The highest BCUT2D eigenvalue weighted by atomic mass is 16.2. The van der Waals surface area contributed by atoms with Gasteiger partial charge in [0, 0.05) is 18.3 Å². The second kappa shape index (κ2) is 4.87. The lowest BCUT2D eigenvalue weighted by Gasteiger charge is -2.09. The first-order valence-electron chi connectivity index (χ1n) is 4.68. The maximum Gasteiger partial charge on any atom is 0.0471 e. The van der Waals surface area contributed by atoms with Gasteiger partial charge in [0.25, 0.3) is 0 Å². The molecule has 0 unspecified atom stereocenters. The maximum atomic E-state index is 8.72. The molecule has 0 fully saturated rings. The molecule has 0 atom stereocenters. The van der Waals surface area contributed by atoms with Crippen molar-refractivity contribution in [3.63, 3.8) is 0 Å². The molecule has 1 rings (SSSR count). The molecule has 0 amide bonds. The molecular formula is C11H17NO. The Balaban J connectivity index is 2.59. The van der Waals surface area contributed by atoms with E-state index in [1.165, 1.54) is 5.56 Å². The van der Waals surface area contributed by atoms with E-state index in [1.807, 2.05) is 24.3 Å². The van der Waals surface area contributed by atoms with Gasteiger partial charge >= 0.3 is 0 Å². The van der Waals surface area contributed by atoms with Crippen molar-refractivity contribution in [1.29, 1.82) is 0 Å². The van der Waals surface area contributed by atoms with Crippen LogP contribution in [0, 0.1) is 0 Å².